The van der Waals surface area contributed by atoms with Crippen LogP contribution in [0.5, 0.6) is 0 Å². The Balaban J connectivity index is 2.06. The molecule has 0 spiro atoms. The number of hydrogen-bond acceptors (Lipinski definition) is 1. The van der Waals surface area contributed by atoms with Gasteiger partial charge in [-0.25, -0.2) is 0 Å². The molecule has 0 atom stereocenters. The lowest BCUT2D eigenvalue weighted by molar-refractivity contribution is 1.08. The van der Waals surface area contributed by atoms with E-state index in [-0.39, 0.29) is 0 Å². The average molecular weight is 239 g/mol. The molecule has 17 heavy (non-hydrogen) atoms. The summed E-state index contributed by atoms with van der Waals surface area (Å²) in [7, 11) is 0.922. The second-order valence-electron chi connectivity index (χ2n) is 4.00. The van der Waals surface area contributed by atoms with Crippen molar-refractivity contribution in [2.75, 3.05) is 5.32 Å². The van der Waals surface area contributed by atoms with Gasteiger partial charge < -0.3 is 5.32 Å². The lowest BCUT2D eigenvalue weighted by Gasteiger charge is -2.07. The Hall–Kier alpha value is -1.54. The molecular formula is C15H17NSi. The van der Waals surface area contributed by atoms with Crippen molar-refractivity contribution in [2.45, 2.75) is 19.4 Å². The van der Waals surface area contributed by atoms with Crippen LogP contribution in [0.3, 0.4) is 0 Å². The van der Waals surface area contributed by atoms with E-state index >= 15 is 0 Å². The molecule has 0 amide bonds. The molecule has 0 fully saturated rings. The average Bonchev–Trinajstić information content (AvgIpc) is 2.38. The molecule has 0 aliphatic heterocycles. The molecule has 1 nitrogen and oxygen atoms in total. The minimum atomic E-state index is 0.922. The molecule has 0 bridgehead atoms. The summed E-state index contributed by atoms with van der Waals surface area (Å²) in [5.41, 5.74) is 2.32. The molecule has 0 unspecified atom stereocenters. The maximum Gasteiger partial charge on any atom is 0.0808 e. The van der Waals surface area contributed by atoms with Gasteiger partial charge in [0.15, 0.2) is 0 Å². The molecule has 0 saturated carbocycles. The lowest BCUT2D eigenvalue weighted by Crippen LogP contribution is -2.13. The summed E-state index contributed by atoms with van der Waals surface area (Å²) < 4.78 is 0. The first-order chi connectivity index (χ1) is 8.38. The highest BCUT2D eigenvalue weighted by Gasteiger charge is 1.97. The number of anilines is 2. The highest BCUT2D eigenvalue weighted by atomic mass is 28.2. The third kappa shape index (κ3) is 3.75. The van der Waals surface area contributed by atoms with Crippen LogP contribution in [0.1, 0.15) is 13.3 Å². The van der Waals surface area contributed by atoms with E-state index in [0.717, 1.165) is 15.2 Å². The van der Waals surface area contributed by atoms with Crippen LogP contribution in [0, 0.1) is 0 Å². The van der Waals surface area contributed by atoms with E-state index in [1.807, 2.05) is 18.2 Å². The number of benzene rings is 2. The fraction of sp³-hybridized carbons (Fsp3) is 0.200. The van der Waals surface area contributed by atoms with E-state index in [0.29, 0.717) is 0 Å². The van der Waals surface area contributed by atoms with Gasteiger partial charge in [-0.3, -0.25) is 0 Å². The molecule has 2 aromatic carbocycles. The standard InChI is InChI=1S/C15H17NSi/c1-2-11-17-15-10-6-9-14(12-15)16-13-7-4-3-5-8-13/h3-10,12,16H,2,11H2,1H3. The smallest absolute Gasteiger partial charge is 0.0808 e. The van der Waals surface area contributed by atoms with Crippen molar-refractivity contribution in [3.63, 3.8) is 0 Å². The molecule has 0 aliphatic carbocycles. The first kappa shape index (κ1) is 11.9. The quantitative estimate of drug-likeness (QED) is 0.786. The molecule has 0 aromatic heterocycles. The fourth-order valence-electron chi connectivity index (χ4n) is 1.66. The summed E-state index contributed by atoms with van der Waals surface area (Å²) in [6, 6.07) is 20.3. The van der Waals surface area contributed by atoms with Gasteiger partial charge in [-0.2, -0.15) is 0 Å². The van der Waals surface area contributed by atoms with Gasteiger partial charge in [-0.05, 0) is 24.3 Å². The summed E-state index contributed by atoms with van der Waals surface area (Å²) in [6.45, 7) is 2.24. The maximum absolute atomic E-state index is 3.43. The Kier molecular flexibility index (Phi) is 4.39. The molecule has 0 saturated heterocycles. The Labute approximate surface area is 106 Å². The Morgan fingerprint density at radius 3 is 2.47 bits per heavy atom. The van der Waals surface area contributed by atoms with Crippen LogP contribution >= 0.6 is 0 Å². The summed E-state index contributed by atoms with van der Waals surface area (Å²) in [6.07, 6.45) is 1.26. The van der Waals surface area contributed by atoms with Crippen LogP contribution in [-0.4, -0.2) is 9.52 Å². The van der Waals surface area contributed by atoms with Crippen molar-refractivity contribution in [2.24, 2.45) is 0 Å². The SMILES string of the molecule is CCC[Si]c1cccc(Nc2ccccc2)c1. The fourth-order valence-corrected chi connectivity index (χ4v) is 2.67. The third-order valence-corrected chi connectivity index (χ3v) is 3.97. The van der Waals surface area contributed by atoms with Gasteiger partial charge in [0.2, 0.25) is 0 Å². The molecular weight excluding hydrogens is 222 g/mol. The van der Waals surface area contributed by atoms with Crippen molar-refractivity contribution < 1.29 is 0 Å². The predicted octanol–water partition coefficient (Wildman–Crippen LogP) is 3.59. The molecule has 0 aliphatic rings. The van der Waals surface area contributed by atoms with Crippen LogP contribution in [0.2, 0.25) is 6.04 Å². The molecule has 1 N–H and O–H groups in total. The second-order valence-corrected chi connectivity index (χ2v) is 5.43. The second kappa shape index (κ2) is 6.26. The summed E-state index contributed by atoms with van der Waals surface area (Å²) in [5.74, 6) is 0. The topological polar surface area (TPSA) is 12.0 Å². The molecule has 2 aromatic rings. The summed E-state index contributed by atoms with van der Waals surface area (Å²) in [5, 5.41) is 4.86. The maximum atomic E-state index is 3.43. The third-order valence-electron chi connectivity index (χ3n) is 2.50. The lowest BCUT2D eigenvalue weighted by atomic mass is 10.3. The van der Waals surface area contributed by atoms with Crippen molar-refractivity contribution in [1.29, 1.82) is 0 Å². The zero-order valence-electron chi connectivity index (χ0n) is 10.1. The van der Waals surface area contributed by atoms with Gasteiger partial charge in [-0.15, -0.1) is 0 Å². The van der Waals surface area contributed by atoms with Gasteiger partial charge >= 0.3 is 0 Å². The van der Waals surface area contributed by atoms with Gasteiger partial charge in [-0.1, -0.05) is 54.9 Å². The minimum absolute atomic E-state index is 0.922. The number of para-hydroxylation sites is 1. The monoisotopic (exact) mass is 239 g/mol. The van der Waals surface area contributed by atoms with E-state index < -0.39 is 0 Å². The van der Waals surface area contributed by atoms with Crippen molar-refractivity contribution in [1.82, 2.24) is 0 Å². The molecule has 2 radical (unpaired) electrons. The first-order valence-electron chi connectivity index (χ1n) is 6.04. The van der Waals surface area contributed by atoms with Crippen LogP contribution in [-0.2, 0) is 0 Å². The molecule has 2 rings (SSSR count). The molecule has 2 heteroatoms. The molecule has 86 valence electrons. The van der Waals surface area contributed by atoms with Gasteiger partial charge in [0.25, 0.3) is 0 Å². The van der Waals surface area contributed by atoms with Crippen molar-refractivity contribution in [3.8, 4) is 0 Å². The van der Waals surface area contributed by atoms with E-state index in [1.54, 1.807) is 0 Å². The highest BCUT2D eigenvalue weighted by molar-refractivity contribution is 6.53. The summed E-state index contributed by atoms with van der Waals surface area (Å²) in [4.78, 5) is 0. The zero-order valence-corrected chi connectivity index (χ0v) is 11.1. The minimum Gasteiger partial charge on any atom is -0.356 e. The van der Waals surface area contributed by atoms with Gasteiger partial charge in [0, 0.05) is 11.4 Å². The van der Waals surface area contributed by atoms with Crippen molar-refractivity contribution in [3.05, 3.63) is 54.6 Å². The van der Waals surface area contributed by atoms with Crippen LogP contribution in [0.15, 0.2) is 54.6 Å². The van der Waals surface area contributed by atoms with E-state index in [1.165, 1.54) is 23.3 Å². The Bertz CT molecular complexity index is 453. The van der Waals surface area contributed by atoms with Crippen LogP contribution in [0.25, 0.3) is 0 Å². The van der Waals surface area contributed by atoms with E-state index in [2.05, 4.69) is 48.6 Å². The van der Waals surface area contributed by atoms with Crippen LogP contribution in [0.4, 0.5) is 11.4 Å². The Morgan fingerprint density at radius 2 is 1.71 bits per heavy atom. The zero-order chi connectivity index (χ0) is 11.9. The highest BCUT2D eigenvalue weighted by Crippen LogP contribution is 2.14. The summed E-state index contributed by atoms with van der Waals surface area (Å²) >= 11 is 0. The van der Waals surface area contributed by atoms with Gasteiger partial charge in [0.1, 0.15) is 0 Å². The van der Waals surface area contributed by atoms with Crippen LogP contribution < -0.4 is 10.5 Å². The van der Waals surface area contributed by atoms with E-state index in [4.69, 9.17) is 0 Å². The van der Waals surface area contributed by atoms with Crippen molar-refractivity contribution >= 4 is 26.1 Å². The predicted molar refractivity (Wildman–Crippen MR) is 76.7 cm³/mol. The van der Waals surface area contributed by atoms with Gasteiger partial charge in [0.05, 0.1) is 9.52 Å². The first-order valence-corrected chi connectivity index (χ1v) is 7.25. The largest absolute Gasteiger partial charge is 0.356 e. The normalized spacial score (nSPS) is 10.2. The number of rotatable bonds is 5. The number of nitrogens with one attached hydrogen (secondary N) is 1. The Morgan fingerprint density at radius 1 is 0.941 bits per heavy atom. The molecule has 0 heterocycles. The number of hydrogen-bond donors (Lipinski definition) is 1. The van der Waals surface area contributed by atoms with E-state index in [9.17, 15) is 0 Å².